The number of phosphoric ester groups is 1. The second kappa shape index (κ2) is 63.4. The Kier molecular flexibility index (Phi) is 60.6. The van der Waals surface area contributed by atoms with Crippen molar-refractivity contribution in [2.45, 2.75) is 303 Å². The summed E-state index contributed by atoms with van der Waals surface area (Å²) in [6.45, 7) is 4.42. The minimum Gasteiger partial charge on any atom is -0.462 e. The van der Waals surface area contributed by atoms with Crippen molar-refractivity contribution in [3.63, 3.8) is 0 Å². The van der Waals surface area contributed by atoms with E-state index in [0.717, 1.165) is 135 Å². The summed E-state index contributed by atoms with van der Waals surface area (Å²) < 4.78 is 39.7. The van der Waals surface area contributed by atoms with Gasteiger partial charge in [0.15, 0.2) is 6.10 Å². The fraction of sp³-hybridized carbons (Fsp3) is 0.729. The summed E-state index contributed by atoms with van der Waals surface area (Å²) in [7, 11) is -4.77. The van der Waals surface area contributed by atoms with Gasteiger partial charge in [0.2, 0.25) is 0 Å². The smallest absolute Gasteiger partial charge is 0.462 e. The molecule has 0 aliphatic heterocycles. The van der Waals surface area contributed by atoms with E-state index < -0.39 is 57.8 Å². The predicted octanol–water partition coefficient (Wildman–Crippen LogP) is 20.4. The molecule has 0 heterocycles. The van der Waals surface area contributed by atoms with Gasteiger partial charge in [0, 0.05) is 19.3 Å². The average molecular weight is 1170 g/mol. The number of ether oxygens (including phenoxy) is 3. The van der Waals surface area contributed by atoms with Crippen LogP contribution in [-0.4, -0.2) is 66.5 Å². The number of aliphatic hydroxyl groups excluding tert-OH is 1. The molecule has 0 aliphatic carbocycles. The molecular weight excluding hydrogens is 1050 g/mol. The lowest BCUT2D eigenvalue weighted by molar-refractivity contribution is -0.161. The Morgan fingerprint density at radius 2 is 0.634 bits per heavy atom. The molecule has 0 bridgehead atoms. The van der Waals surface area contributed by atoms with E-state index in [1.54, 1.807) is 0 Å². The van der Waals surface area contributed by atoms with Gasteiger partial charge in [0.05, 0.1) is 19.8 Å². The molecule has 3 unspecified atom stereocenters. The second-order valence-corrected chi connectivity index (χ2v) is 23.3. The SMILES string of the molecule is CC/C=C\C/C=C\C/C=C\C/C=C\CCCCCCCCC(=O)OC(COC(=O)CCCCCC/C=C\C/C=C\C/C=C\C/C=C\CC)COP(=O)(O)OCC(CO)OC(=O)CCCCCCCCCCCCCCCCCCCCC. The molecule has 0 aliphatic rings. The van der Waals surface area contributed by atoms with Gasteiger partial charge >= 0.3 is 25.7 Å². The number of hydrogen-bond donors (Lipinski definition) is 2. The van der Waals surface area contributed by atoms with Crippen molar-refractivity contribution < 1.29 is 52.2 Å². The molecule has 11 nitrogen and oxygen atoms in total. The van der Waals surface area contributed by atoms with Crippen LogP contribution in [0.3, 0.4) is 0 Å². The number of phosphoric acid groups is 1. The van der Waals surface area contributed by atoms with Gasteiger partial charge in [0.25, 0.3) is 0 Å². The van der Waals surface area contributed by atoms with E-state index in [-0.39, 0.29) is 25.9 Å². The van der Waals surface area contributed by atoms with Crippen LogP contribution in [-0.2, 0) is 42.2 Å². The molecule has 82 heavy (non-hydrogen) atoms. The number of unbranched alkanes of at least 4 members (excludes halogenated alkanes) is 28. The average Bonchev–Trinajstić information content (AvgIpc) is 3.50. The number of carbonyl (C=O) groups excluding carboxylic acids is 3. The fourth-order valence-corrected chi connectivity index (χ4v) is 9.83. The summed E-state index contributed by atoms with van der Waals surface area (Å²) in [6, 6.07) is 0. The van der Waals surface area contributed by atoms with Gasteiger partial charge < -0.3 is 24.2 Å². The van der Waals surface area contributed by atoms with Crippen molar-refractivity contribution in [1.29, 1.82) is 0 Å². The van der Waals surface area contributed by atoms with Crippen molar-refractivity contribution in [3.05, 3.63) is 97.2 Å². The zero-order chi connectivity index (χ0) is 59.8. The molecule has 0 spiro atoms. The van der Waals surface area contributed by atoms with Crippen molar-refractivity contribution in [2.75, 3.05) is 26.4 Å². The van der Waals surface area contributed by atoms with Gasteiger partial charge in [-0.3, -0.25) is 23.4 Å². The van der Waals surface area contributed by atoms with E-state index in [2.05, 4.69) is 118 Å². The third-order valence-corrected chi connectivity index (χ3v) is 15.0. The molecule has 0 aromatic carbocycles. The molecular formula is C70H121O11P. The minimum atomic E-state index is -4.77. The first kappa shape index (κ1) is 78.4. The summed E-state index contributed by atoms with van der Waals surface area (Å²) in [5, 5.41) is 9.87. The Bertz CT molecular complexity index is 1750. The summed E-state index contributed by atoms with van der Waals surface area (Å²) in [5.41, 5.74) is 0. The van der Waals surface area contributed by atoms with E-state index in [1.807, 2.05) is 0 Å². The zero-order valence-electron chi connectivity index (χ0n) is 52.4. The number of aliphatic hydroxyl groups is 1. The maximum atomic E-state index is 13.0. The van der Waals surface area contributed by atoms with Gasteiger partial charge in [-0.15, -0.1) is 0 Å². The van der Waals surface area contributed by atoms with Crippen molar-refractivity contribution in [2.24, 2.45) is 0 Å². The Morgan fingerprint density at radius 3 is 0.976 bits per heavy atom. The van der Waals surface area contributed by atoms with Crippen LogP contribution in [0.4, 0.5) is 0 Å². The standard InChI is InChI=1S/C70H121O11P/c1-4-7-10-13-16-19-22-25-28-31-33-36-39-42-45-48-51-54-57-60-69(73)80-66(62-71)64-78-82(75,76)79-65-67(63-77-68(72)59-56-53-50-47-44-41-38-35-30-27-24-21-18-15-12-9-6-3)81-70(74)61-58-55-52-49-46-43-40-37-34-32-29-26-23-20-17-14-11-8-5-2/h8-9,11-12,17-18,20-21,26-27,29-30,34,37-38,41,66-67,71H,4-7,10,13-16,19,22-25,28,31-33,35-36,39-40,42-65H2,1-3H3,(H,75,76)/b11-8-,12-9-,20-17-,21-18-,29-26-,30-27-,37-34-,41-38-. The topological polar surface area (TPSA) is 155 Å². The van der Waals surface area contributed by atoms with E-state index in [9.17, 15) is 28.9 Å². The van der Waals surface area contributed by atoms with Crippen molar-refractivity contribution in [3.8, 4) is 0 Å². The van der Waals surface area contributed by atoms with Crippen LogP contribution < -0.4 is 0 Å². The predicted molar refractivity (Wildman–Crippen MR) is 344 cm³/mol. The highest BCUT2D eigenvalue weighted by Crippen LogP contribution is 2.43. The summed E-state index contributed by atoms with van der Waals surface area (Å²) in [4.78, 5) is 48.8. The molecule has 0 saturated heterocycles. The monoisotopic (exact) mass is 1170 g/mol. The van der Waals surface area contributed by atoms with Gasteiger partial charge in [0.1, 0.15) is 12.7 Å². The van der Waals surface area contributed by atoms with Crippen LogP contribution in [0.1, 0.15) is 290 Å². The normalized spacial score (nSPS) is 13.9. The van der Waals surface area contributed by atoms with Crippen LogP contribution >= 0.6 is 7.82 Å². The number of rotatable bonds is 61. The Morgan fingerprint density at radius 1 is 0.354 bits per heavy atom. The first-order valence-corrected chi connectivity index (χ1v) is 34.6. The van der Waals surface area contributed by atoms with Crippen LogP contribution in [0, 0.1) is 0 Å². The van der Waals surface area contributed by atoms with Crippen molar-refractivity contribution >= 4 is 25.7 Å². The van der Waals surface area contributed by atoms with Gasteiger partial charge in [-0.2, -0.15) is 0 Å². The summed E-state index contributed by atoms with van der Waals surface area (Å²) >= 11 is 0. The molecule has 2 N–H and O–H groups in total. The lowest BCUT2D eigenvalue weighted by Crippen LogP contribution is -2.30. The van der Waals surface area contributed by atoms with Crippen LogP contribution in [0.15, 0.2) is 97.2 Å². The fourth-order valence-electron chi connectivity index (χ4n) is 9.05. The van der Waals surface area contributed by atoms with Crippen LogP contribution in [0.2, 0.25) is 0 Å². The first-order chi connectivity index (χ1) is 40.2. The molecule has 0 rings (SSSR count). The van der Waals surface area contributed by atoms with E-state index >= 15 is 0 Å². The maximum absolute atomic E-state index is 13.0. The molecule has 0 amide bonds. The quantitative estimate of drug-likeness (QED) is 0.0197. The molecule has 0 aromatic heterocycles. The van der Waals surface area contributed by atoms with Gasteiger partial charge in [-0.25, -0.2) is 4.57 Å². The number of hydrogen-bond acceptors (Lipinski definition) is 10. The Hall–Kier alpha value is -3.60. The minimum absolute atomic E-state index is 0.143. The van der Waals surface area contributed by atoms with E-state index in [1.165, 1.54) is 96.3 Å². The highest BCUT2D eigenvalue weighted by atomic mass is 31.2. The van der Waals surface area contributed by atoms with Crippen LogP contribution in [0.25, 0.3) is 0 Å². The Balaban J connectivity index is 4.72. The largest absolute Gasteiger partial charge is 0.472 e. The number of esters is 3. The lowest BCUT2D eigenvalue weighted by atomic mass is 10.0. The van der Waals surface area contributed by atoms with E-state index in [0.29, 0.717) is 19.3 Å². The third kappa shape index (κ3) is 61.0. The number of carbonyl (C=O) groups is 3. The molecule has 3 atom stereocenters. The van der Waals surface area contributed by atoms with Gasteiger partial charge in [-0.1, -0.05) is 272 Å². The molecule has 0 aromatic rings. The Labute approximate surface area is 502 Å². The lowest BCUT2D eigenvalue weighted by Gasteiger charge is -2.21. The second-order valence-electron chi connectivity index (χ2n) is 21.9. The summed E-state index contributed by atoms with van der Waals surface area (Å²) in [5.74, 6) is -1.50. The van der Waals surface area contributed by atoms with Crippen molar-refractivity contribution in [1.82, 2.24) is 0 Å². The highest BCUT2D eigenvalue weighted by Gasteiger charge is 2.28. The number of allylic oxidation sites excluding steroid dienone is 16. The highest BCUT2D eigenvalue weighted by molar-refractivity contribution is 7.47. The summed E-state index contributed by atoms with van der Waals surface area (Å²) in [6.07, 6.45) is 76.4. The maximum Gasteiger partial charge on any atom is 0.472 e. The van der Waals surface area contributed by atoms with Gasteiger partial charge in [-0.05, 0) is 96.3 Å². The molecule has 472 valence electrons. The third-order valence-electron chi connectivity index (χ3n) is 14.0. The molecule has 0 radical (unpaired) electrons. The molecule has 0 saturated carbocycles. The van der Waals surface area contributed by atoms with Crippen LogP contribution in [0.5, 0.6) is 0 Å². The van der Waals surface area contributed by atoms with E-state index in [4.69, 9.17) is 23.3 Å². The molecule has 12 heteroatoms. The molecule has 0 fully saturated rings. The zero-order valence-corrected chi connectivity index (χ0v) is 53.3. The first-order valence-electron chi connectivity index (χ1n) is 33.1.